The summed E-state index contributed by atoms with van der Waals surface area (Å²) in [4.78, 5) is 8.59. The smallest absolute Gasteiger partial charge is 0.191 e. The van der Waals surface area contributed by atoms with Gasteiger partial charge in [-0.25, -0.2) is 9.98 Å². The van der Waals surface area contributed by atoms with Gasteiger partial charge in [0.15, 0.2) is 5.96 Å². The molecule has 0 saturated heterocycles. The molecule has 0 spiro atoms. The molecule has 2 N–H and O–H groups in total. The fourth-order valence-electron chi connectivity index (χ4n) is 1.73. The van der Waals surface area contributed by atoms with Gasteiger partial charge in [-0.05, 0) is 37.3 Å². The van der Waals surface area contributed by atoms with Crippen molar-refractivity contribution in [3.8, 4) is 0 Å². The lowest BCUT2D eigenvalue weighted by Crippen LogP contribution is -2.37. The van der Waals surface area contributed by atoms with E-state index in [0.29, 0.717) is 11.7 Å². The maximum Gasteiger partial charge on any atom is 0.191 e. The van der Waals surface area contributed by atoms with Gasteiger partial charge in [-0.3, -0.25) is 0 Å². The molecule has 0 aliphatic carbocycles. The molecule has 1 aromatic rings. The summed E-state index contributed by atoms with van der Waals surface area (Å²) >= 11 is 5.76. The van der Waals surface area contributed by atoms with Crippen molar-refractivity contribution < 1.29 is 0 Å². The molecule has 0 bridgehead atoms. The Morgan fingerprint density at radius 1 is 1.35 bits per heavy atom. The van der Waals surface area contributed by atoms with Gasteiger partial charge in [-0.1, -0.05) is 31.5 Å². The minimum atomic E-state index is 0.511. The van der Waals surface area contributed by atoms with E-state index in [1.807, 2.05) is 6.07 Å². The van der Waals surface area contributed by atoms with Gasteiger partial charge in [0, 0.05) is 19.3 Å². The number of pyridine rings is 1. The van der Waals surface area contributed by atoms with Crippen molar-refractivity contribution in [1.29, 1.82) is 0 Å². The molecule has 0 atom stereocenters. The third-order valence-electron chi connectivity index (χ3n) is 2.80. The van der Waals surface area contributed by atoms with E-state index in [-0.39, 0.29) is 0 Å². The van der Waals surface area contributed by atoms with Crippen molar-refractivity contribution in [1.82, 2.24) is 15.6 Å². The SMILES string of the molecule is CCNC(=NCc1ccc(Cl)nc1)NCCCC(C)C. The first-order valence-corrected chi connectivity index (χ1v) is 7.62. The van der Waals surface area contributed by atoms with Gasteiger partial charge in [0.25, 0.3) is 0 Å². The van der Waals surface area contributed by atoms with Crippen molar-refractivity contribution in [3.63, 3.8) is 0 Å². The lowest BCUT2D eigenvalue weighted by molar-refractivity contribution is 0.549. The van der Waals surface area contributed by atoms with Crippen LogP contribution in [0, 0.1) is 5.92 Å². The predicted molar refractivity (Wildman–Crippen MR) is 86.1 cm³/mol. The van der Waals surface area contributed by atoms with Gasteiger partial charge in [-0.2, -0.15) is 0 Å². The molecule has 0 radical (unpaired) electrons. The average molecular weight is 297 g/mol. The molecule has 0 saturated carbocycles. The first-order chi connectivity index (χ1) is 9.61. The van der Waals surface area contributed by atoms with Crippen LogP contribution in [0.2, 0.25) is 5.15 Å². The molecule has 0 amide bonds. The van der Waals surface area contributed by atoms with Crippen LogP contribution in [0.15, 0.2) is 23.3 Å². The summed E-state index contributed by atoms with van der Waals surface area (Å²) in [6, 6.07) is 3.73. The second-order valence-corrected chi connectivity index (χ2v) is 5.53. The molecule has 5 heteroatoms. The lowest BCUT2D eigenvalue weighted by atomic mass is 10.1. The van der Waals surface area contributed by atoms with E-state index < -0.39 is 0 Å². The van der Waals surface area contributed by atoms with Crippen LogP contribution in [0.25, 0.3) is 0 Å². The average Bonchev–Trinajstić information content (AvgIpc) is 2.42. The van der Waals surface area contributed by atoms with E-state index in [1.165, 1.54) is 6.42 Å². The normalized spacial score (nSPS) is 11.8. The molecule has 0 aliphatic heterocycles. The van der Waals surface area contributed by atoms with Gasteiger partial charge < -0.3 is 10.6 Å². The number of hydrogen-bond acceptors (Lipinski definition) is 2. The van der Waals surface area contributed by atoms with Gasteiger partial charge in [0.1, 0.15) is 5.15 Å². The largest absolute Gasteiger partial charge is 0.357 e. The van der Waals surface area contributed by atoms with Crippen molar-refractivity contribution in [2.45, 2.75) is 40.2 Å². The zero-order valence-corrected chi connectivity index (χ0v) is 13.4. The van der Waals surface area contributed by atoms with Crippen LogP contribution in [0.5, 0.6) is 0 Å². The van der Waals surface area contributed by atoms with E-state index in [2.05, 4.69) is 41.4 Å². The van der Waals surface area contributed by atoms with E-state index in [4.69, 9.17) is 11.6 Å². The standard InChI is InChI=1S/C15H25ClN4/c1-4-17-15(18-9-5-6-12(2)3)20-11-13-7-8-14(16)19-10-13/h7-8,10,12H,4-6,9,11H2,1-3H3,(H2,17,18,20). The number of aliphatic imine (C=N–C) groups is 1. The molecule has 1 heterocycles. The molecule has 0 unspecified atom stereocenters. The second-order valence-electron chi connectivity index (χ2n) is 5.15. The third kappa shape index (κ3) is 7.34. The Labute approximate surface area is 127 Å². The number of hydrogen-bond donors (Lipinski definition) is 2. The maximum atomic E-state index is 5.76. The quantitative estimate of drug-likeness (QED) is 0.351. The van der Waals surface area contributed by atoms with Crippen LogP contribution >= 0.6 is 11.6 Å². The van der Waals surface area contributed by atoms with Gasteiger partial charge >= 0.3 is 0 Å². The van der Waals surface area contributed by atoms with Gasteiger partial charge in [-0.15, -0.1) is 0 Å². The fraction of sp³-hybridized carbons (Fsp3) is 0.600. The van der Waals surface area contributed by atoms with Gasteiger partial charge in [0.05, 0.1) is 6.54 Å². The highest BCUT2D eigenvalue weighted by Crippen LogP contribution is 2.06. The number of halogens is 1. The Morgan fingerprint density at radius 3 is 2.75 bits per heavy atom. The molecular formula is C15H25ClN4. The van der Waals surface area contributed by atoms with Crippen LogP contribution in [-0.2, 0) is 6.54 Å². The van der Waals surface area contributed by atoms with Crippen LogP contribution in [0.1, 0.15) is 39.2 Å². The Morgan fingerprint density at radius 2 is 2.15 bits per heavy atom. The summed E-state index contributed by atoms with van der Waals surface area (Å²) in [5.74, 6) is 1.60. The number of nitrogens with one attached hydrogen (secondary N) is 2. The van der Waals surface area contributed by atoms with E-state index in [0.717, 1.165) is 37.0 Å². The molecule has 0 fully saturated rings. The number of nitrogens with zero attached hydrogens (tertiary/aromatic N) is 2. The molecule has 1 aromatic heterocycles. The highest BCUT2D eigenvalue weighted by molar-refractivity contribution is 6.29. The highest BCUT2D eigenvalue weighted by Gasteiger charge is 1.99. The first kappa shape index (κ1) is 16.8. The van der Waals surface area contributed by atoms with E-state index in [1.54, 1.807) is 12.3 Å². The van der Waals surface area contributed by atoms with Crippen LogP contribution in [0.4, 0.5) is 0 Å². The molecule has 112 valence electrons. The number of guanidine groups is 1. The minimum absolute atomic E-state index is 0.511. The van der Waals surface area contributed by atoms with Crippen molar-refractivity contribution in [2.75, 3.05) is 13.1 Å². The Balaban J connectivity index is 2.43. The molecular weight excluding hydrogens is 272 g/mol. The predicted octanol–water partition coefficient (Wildman–Crippen LogP) is 3.23. The summed E-state index contributed by atoms with van der Waals surface area (Å²) in [6.45, 7) is 8.95. The van der Waals surface area contributed by atoms with Crippen molar-refractivity contribution in [3.05, 3.63) is 29.0 Å². The van der Waals surface area contributed by atoms with Gasteiger partial charge in [0.2, 0.25) is 0 Å². The van der Waals surface area contributed by atoms with Crippen molar-refractivity contribution in [2.24, 2.45) is 10.9 Å². The fourth-order valence-corrected chi connectivity index (χ4v) is 1.84. The zero-order valence-electron chi connectivity index (χ0n) is 12.6. The Hall–Kier alpha value is -1.29. The topological polar surface area (TPSA) is 49.3 Å². The van der Waals surface area contributed by atoms with E-state index in [9.17, 15) is 0 Å². The molecule has 0 aromatic carbocycles. The molecule has 0 aliphatic rings. The summed E-state index contributed by atoms with van der Waals surface area (Å²) in [5, 5.41) is 7.11. The van der Waals surface area contributed by atoms with Crippen LogP contribution in [-0.4, -0.2) is 24.0 Å². The summed E-state index contributed by atoms with van der Waals surface area (Å²) in [5.41, 5.74) is 1.05. The summed E-state index contributed by atoms with van der Waals surface area (Å²) < 4.78 is 0. The van der Waals surface area contributed by atoms with Crippen molar-refractivity contribution >= 4 is 17.6 Å². The third-order valence-corrected chi connectivity index (χ3v) is 3.03. The summed E-state index contributed by atoms with van der Waals surface area (Å²) in [6.07, 6.45) is 4.15. The number of rotatable bonds is 7. The molecule has 4 nitrogen and oxygen atoms in total. The maximum absolute atomic E-state index is 5.76. The highest BCUT2D eigenvalue weighted by atomic mass is 35.5. The zero-order chi connectivity index (χ0) is 14.8. The molecule has 1 rings (SSSR count). The summed E-state index contributed by atoms with van der Waals surface area (Å²) in [7, 11) is 0. The second kappa shape index (κ2) is 9.59. The monoisotopic (exact) mass is 296 g/mol. The first-order valence-electron chi connectivity index (χ1n) is 7.24. The van der Waals surface area contributed by atoms with E-state index >= 15 is 0 Å². The Kier molecular flexibility index (Phi) is 8.04. The van der Waals surface area contributed by atoms with Crippen LogP contribution in [0.3, 0.4) is 0 Å². The lowest BCUT2D eigenvalue weighted by Gasteiger charge is -2.12. The number of aromatic nitrogens is 1. The Bertz CT molecular complexity index is 401. The van der Waals surface area contributed by atoms with Crippen LogP contribution < -0.4 is 10.6 Å². The minimum Gasteiger partial charge on any atom is -0.357 e. The molecule has 20 heavy (non-hydrogen) atoms.